The summed E-state index contributed by atoms with van der Waals surface area (Å²) in [7, 11) is 0. The highest BCUT2D eigenvalue weighted by molar-refractivity contribution is 6.00. The third-order valence-corrected chi connectivity index (χ3v) is 5.27. The molecule has 2 aliphatic heterocycles. The summed E-state index contributed by atoms with van der Waals surface area (Å²) in [5, 5.41) is 3.39. The first-order valence-electron chi connectivity index (χ1n) is 9.15. The number of rotatable bonds is 4. The van der Waals surface area contributed by atoms with Crippen LogP contribution in [0.5, 0.6) is 0 Å². The molecule has 2 aromatic rings. The van der Waals surface area contributed by atoms with Gasteiger partial charge in [-0.15, -0.1) is 0 Å². The largest absolute Gasteiger partial charge is 0.317 e. The summed E-state index contributed by atoms with van der Waals surface area (Å²) in [5.41, 5.74) is 3.22. The molecule has 5 heteroatoms. The van der Waals surface area contributed by atoms with E-state index in [4.69, 9.17) is 9.97 Å². The van der Waals surface area contributed by atoms with Gasteiger partial charge in [-0.25, -0.2) is 9.97 Å². The fourth-order valence-corrected chi connectivity index (χ4v) is 3.78. The van der Waals surface area contributed by atoms with Crippen molar-refractivity contribution in [3.63, 3.8) is 0 Å². The van der Waals surface area contributed by atoms with Crippen LogP contribution < -0.4 is 10.2 Å². The number of hydrogen-bond acceptors (Lipinski definition) is 4. The van der Waals surface area contributed by atoms with Gasteiger partial charge in [0.2, 0.25) is 5.91 Å². The molecule has 0 radical (unpaired) electrons. The van der Waals surface area contributed by atoms with Crippen LogP contribution in [0.25, 0.3) is 0 Å². The standard InChI is InChI=1S/C20H24N4O/c1-14-17-13-18(25)24(12-9-15-5-3-2-4-6-15)20(17)23-19(22-14)16-7-10-21-11-8-16/h2-6,16,21H,7-13H2,1H3. The molecule has 0 aliphatic carbocycles. The Morgan fingerprint density at radius 3 is 2.68 bits per heavy atom. The van der Waals surface area contributed by atoms with Crippen molar-refractivity contribution < 1.29 is 4.79 Å². The SMILES string of the molecule is Cc1nc(C2CCNCC2)nc2c1CC(=O)N2CCc1ccccc1. The van der Waals surface area contributed by atoms with Gasteiger partial charge in [-0.05, 0) is 44.8 Å². The van der Waals surface area contributed by atoms with Gasteiger partial charge < -0.3 is 5.32 Å². The lowest BCUT2D eigenvalue weighted by Crippen LogP contribution is -2.30. The number of nitrogens with one attached hydrogen (secondary N) is 1. The lowest BCUT2D eigenvalue weighted by atomic mass is 9.97. The zero-order chi connectivity index (χ0) is 17.2. The number of aromatic nitrogens is 2. The van der Waals surface area contributed by atoms with E-state index in [-0.39, 0.29) is 5.91 Å². The van der Waals surface area contributed by atoms with Crippen LogP contribution >= 0.6 is 0 Å². The van der Waals surface area contributed by atoms with Gasteiger partial charge in [0.05, 0.1) is 6.42 Å². The van der Waals surface area contributed by atoms with E-state index in [1.807, 2.05) is 30.0 Å². The topological polar surface area (TPSA) is 58.1 Å². The van der Waals surface area contributed by atoms with Gasteiger partial charge in [-0.2, -0.15) is 0 Å². The monoisotopic (exact) mass is 336 g/mol. The summed E-state index contributed by atoms with van der Waals surface area (Å²) >= 11 is 0. The Morgan fingerprint density at radius 2 is 1.92 bits per heavy atom. The number of carbonyl (C=O) groups excluding carboxylic acids is 1. The minimum atomic E-state index is 0.144. The maximum atomic E-state index is 12.5. The first-order valence-corrected chi connectivity index (χ1v) is 9.15. The van der Waals surface area contributed by atoms with Crippen LogP contribution in [-0.2, 0) is 17.6 Å². The highest BCUT2D eigenvalue weighted by Crippen LogP contribution is 2.32. The maximum absolute atomic E-state index is 12.5. The molecule has 25 heavy (non-hydrogen) atoms. The molecule has 1 saturated heterocycles. The molecule has 4 rings (SSSR count). The van der Waals surface area contributed by atoms with Gasteiger partial charge in [0.1, 0.15) is 11.6 Å². The van der Waals surface area contributed by atoms with Crippen LogP contribution in [-0.4, -0.2) is 35.5 Å². The van der Waals surface area contributed by atoms with Crippen molar-refractivity contribution in [3.8, 4) is 0 Å². The van der Waals surface area contributed by atoms with Gasteiger partial charge in [-0.1, -0.05) is 30.3 Å². The average Bonchev–Trinajstić information content (AvgIpc) is 2.97. The van der Waals surface area contributed by atoms with Crippen LogP contribution in [0.15, 0.2) is 30.3 Å². The van der Waals surface area contributed by atoms with Crippen molar-refractivity contribution in [2.45, 2.75) is 38.5 Å². The van der Waals surface area contributed by atoms with Crippen LogP contribution in [0.3, 0.4) is 0 Å². The number of nitrogens with zero attached hydrogens (tertiary/aromatic N) is 3. The van der Waals surface area contributed by atoms with Gasteiger partial charge >= 0.3 is 0 Å². The van der Waals surface area contributed by atoms with Crippen molar-refractivity contribution in [1.82, 2.24) is 15.3 Å². The Labute approximate surface area is 148 Å². The number of piperidine rings is 1. The van der Waals surface area contributed by atoms with E-state index in [9.17, 15) is 4.79 Å². The lowest BCUT2D eigenvalue weighted by Gasteiger charge is -2.23. The minimum Gasteiger partial charge on any atom is -0.317 e. The summed E-state index contributed by atoms with van der Waals surface area (Å²) < 4.78 is 0. The van der Waals surface area contributed by atoms with Crippen molar-refractivity contribution >= 4 is 11.7 Å². The van der Waals surface area contributed by atoms with Gasteiger partial charge in [0.25, 0.3) is 0 Å². The zero-order valence-electron chi connectivity index (χ0n) is 14.7. The number of anilines is 1. The fraction of sp³-hybridized carbons (Fsp3) is 0.450. The molecule has 3 heterocycles. The van der Waals surface area contributed by atoms with Gasteiger partial charge in [0.15, 0.2) is 0 Å². The molecule has 130 valence electrons. The van der Waals surface area contributed by atoms with E-state index in [0.717, 1.165) is 55.3 Å². The summed E-state index contributed by atoms with van der Waals surface area (Å²) in [5.74, 6) is 2.31. The normalized spacial score (nSPS) is 17.8. The Bertz CT molecular complexity index is 769. The number of fused-ring (bicyclic) bond motifs is 1. The molecule has 1 amide bonds. The molecular formula is C20H24N4O. The van der Waals surface area contributed by atoms with Crippen LogP contribution in [0, 0.1) is 6.92 Å². The van der Waals surface area contributed by atoms with E-state index >= 15 is 0 Å². The molecule has 2 aliphatic rings. The molecule has 0 bridgehead atoms. The number of aryl methyl sites for hydroxylation is 1. The second-order valence-corrected chi connectivity index (χ2v) is 6.95. The first-order chi connectivity index (χ1) is 12.2. The quantitative estimate of drug-likeness (QED) is 0.931. The molecule has 1 fully saturated rings. The number of benzene rings is 1. The third-order valence-electron chi connectivity index (χ3n) is 5.27. The summed E-state index contributed by atoms with van der Waals surface area (Å²) in [6, 6.07) is 10.3. The summed E-state index contributed by atoms with van der Waals surface area (Å²) in [6.45, 7) is 4.72. The highest BCUT2D eigenvalue weighted by Gasteiger charge is 2.32. The predicted octanol–water partition coefficient (Wildman–Crippen LogP) is 2.38. The van der Waals surface area contributed by atoms with Crippen LogP contribution in [0.4, 0.5) is 5.82 Å². The van der Waals surface area contributed by atoms with E-state index < -0.39 is 0 Å². The Kier molecular flexibility index (Phi) is 4.49. The average molecular weight is 336 g/mol. The van der Waals surface area contributed by atoms with E-state index in [0.29, 0.717) is 18.9 Å². The smallest absolute Gasteiger partial charge is 0.232 e. The predicted molar refractivity (Wildman–Crippen MR) is 97.8 cm³/mol. The lowest BCUT2D eigenvalue weighted by molar-refractivity contribution is -0.117. The molecule has 0 atom stereocenters. The number of hydrogen-bond donors (Lipinski definition) is 1. The molecular weight excluding hydrogens is 312 g/mol. The molecule has 0 spiro atoms. The van der Waals surface area contributed by atoms with Crippen LogP contribution in [0.2, 0.25) is 0 Å². The van der Waals surface area contributed by atoms with E-state index in [2.05, 4.69) is 17.4 Å². The fourth-order valence-electron chi connectivity index (χ4n) is 3.78. The Morgan fingerprint density at radius 1 is 1.16 bits per heavy atom. The highest BCUT2D eigenvalue weighted by atomic mass is 16.2. The second kappa shape index (κ2) is 6.92. The van der Waals surface area contributed by atoms with E-state index in [1.54, 1.807) is 0 Å². The summed E-state index contributed by atoms with van der Waals surface area (Å²) in [4.78, 5) is 24.0. The van der Waals surface area contributed by atoms with Crippen molar-refractivity contribution in [3.05, 3.63) is 53.0 Å². The third kappa shape index (κ3) is 3.29. The first kappa shape index (κ1) is 16.2. The maximum Gasteiger partial charge on any atom is 0.232 e. The van der Waals surface area contributed by atoms with Crippen LogP contribution in [0.1, 0.15) is 41.4 Å². The summed E-state index contributed by atoms with van der Waals surface area (Å²) in [6.07, 6.45) is 3.41. The molecule has 1 N–H and O–H groups in total. The molecule has 0 unspecified atom stereocenters. The molecule has 1 aromatic heterocycles. The minimum absolute atomic E-state index is 0.144. The number of amides is 1. The Balaban J connectivity index is 1.59. The van der Waals surface area contributed by atoms with Crippen molar-refractivity contribution in [1.29, 1.82) is 0 Å². The second-order valence-electron chi connectivity index (χ2n) is 6.95. The van der Waals surface area contributed by atoms with Gasteiger partial charge in [0, 0.05) is 23.7 Å². The Hall–Kier alpha value is -2.27. The van der Waals surface area contributed by atoms with E-state index in [1.165, 1.54) is 5.56 Å². The molecule has 1 aromatic carbocycles. The number of carbonyl (C=O) groups is 1. The zero-order valence-corrected chi connectivity index (χ0v) is 14.7. The van der Waals surface area contributed by atoms with Gasteiger partial charge in [-0.3, -0.25) is 9.69 Å². The molecule has 0 saturated carbocycles. The van der Waals surface area contributed by atoms with Crippen molar-refractivity contribution in [2.24, 2.45) is 0 Å². The van der Waals surface area contributed by atoms with Crippen molar-refractivity contribution in [2.75, 3.05) is 24.5 Å². The molecule has 5 nitrogen and oxygen atoms in total.